The van der Waals surface area contributed by atoms with Crippen molar-refractivity contribution in [2.75, 3.05) is 38.3 Å². The van der Waals surface area contributed by atoms with Gasteiger partial charge in [0, 0.05) is 57.1 Å². The number of ether oxygens (including phenoxy) is 3. The Morgan fingerprint density at radius 3 is 2.50 bits per heavy atom. The van der Waals surface area contributed by atoms with Crippen molar-refractivity contribution < 1.29 is 48.9 Å². The maximum Gasteiger partial charge on any atom is 0.410 e. The van der Waals surface area contributed by atoms with Crippen LogP contribution in [-0.4, -0.2) is 82.3 Å². The Morgan fingerprint density at radius 2 is 1.83 bits per heavy atom. The molecule has 5 aromatic rings. The maximum absolute atomic E-state index is 16.3. The van der Waals surface area contributed by atoms with E-state index in [1.807, 2.05) is 45.0 Å². The van der Waals surface area contributed by atoms with Crippen molar-refractivity contribution in [2.24, 2.45) is 0 Å². The summed E-state index contributed by atoms with van der Waals surface area (Å²) >= 11 is 0. The number of hydrogen-bond acceptors (Lipinski definition) is 9. The molecule has 2 aromatic heterocycles. The molecule has 3 fully saturated rings. The summed E-state index contributed by atoms with van der Waals surface area (Å²) in [5.74, 6) is 2.93. The van der Waals surface area contributed by atoms with Gasteiger partial charge in [0.15, 0.2) is 0 Å². The molecule has 0 radical (unpaired) electrons. The minimum atomic E-state index is -0.597. The van der Waals surface area contributed by atoms with Crippen LogP contribution in [0.1, 0.15) is 68.2 Å². The topological polar surface area (TPSA) is 124 Å². The van der Waals surface area contributed by atoms with Gasteiger partial charge in [0.1, 0.15) is 35.1 Å². The molecule has 4 heterocycles. The van der Waals surface area contributed by atoms with Gasteiger partial charge in [-0.3, -0.25) is 0 Å². The zero-order valence-electron chi connectivity index (χ0n) is 30.7. The van der Waals surface area contributed by atoms with Crippen LogP contribution < -0.4 is 14.7 Å². The van der Waals surface area contributed by atoms with E-state index in [4.69, 9.17) is 30.6 Å². The van der Waals surface area contributed by atoms with Gasteiger partial charge < -0.3 is 39.3 Å². The van der Waals surface area contributed by atoms with Crippen molar-refractivity contribution in [3.63, 3.8) is 0 Å². The third-order valence-electron chi connectivity index (χ3n) is 10.4. The second kappa shape index (κ2) is 14.8. The summed E-state index contributed by atoms with van der Waals surface area (Å²) in [6, 6.07) is 11.2. The Morgan fingerprint density at radius 1 is 1.06 bits per heavy atom. The van der Waals surface area contributed by atoms with E-state index in [2.05, 4.69) is 27.1 Å². The second-order valence-corrected chi connectivity index (χ2v) is 15.2. The average molecular weight is 824 g/mol. The van der Waals surface area contributed by atoms with E-state index < -0.39 is 11.4 Å². The molecule has 1 N–H and O–H groups in total. The first-order valence-electron chi connectivity index (χ1n) is 18.1. The van der Waals surface area contributed by atoms with Crippen LogP contribution in [0.15, 0.2) is 42.6 Å². The monoisotopic (exact) mass is 823 g/mol. The number of aryl methyl sites for hydroxylation is 1. The Labute approximate surface area is 327 Å². The van der Waals surface area contributed by atoms with Crippen molar-refractivity contribution in [1.29, 1.82) is 0 Å². The molecule has 13 heteroatoms. The van der Waals surface area contributed by atoms with E-state index in [0.717, 1.165) is 36.0 Å². The molecule has 1 aliphatic carbocycles. The minimum absolute atomic E-state index is 0. The zero-order chi connectivity index (χ0) is 37.0. The van der Waals surface area contributed by atoms with Crippen LogP contribution in [0.25, 0.3) is 32.9 Å². The number of hydrogen-bond donors (Lipinski definition) is 1. The first-order valence-corrected chi connectivity index (χ1v) is 18.1. The predicted molar refractivity (Wildman–Crippen MR) is 199 cm³/mol. The third kappa shape index (κ3) is 7.11. The number of methoxy groups -OCH3 is 1. The molecule has 0 spiro atoms. The number of aromatic nitrogens is 4. The molecule has 54 heavy (non-hydrogen) atoms. The van der Waals surface area contributed by atoms with Crippen LogP contribution in [-0.2, 0) is 42.7 Å². The molecule has 1 saturated carbocycles. The summed E-state index contributed by atoms with van der Waals surface area (Å²) in [5, 5.41) is 22.2. The smallest absolute Gasteiger partial charge is 0.410 e. The number of carbonyl (C=O) groups is 1. The molecule has 2 atom stereocenters. The van der Waals surface area contributed by atoms with Crippen molar-refractivity contribution in [3.8, 4) is 35.2 Å². The largest absolute Gasteiger partial charge is 0.581 e. The van der Waals surface area contributed by atoms with Gasteiger partial charge in [0.2, 0.25) is 0 Å². The van der Waals surface area contributed by atoms with Gasteiger partial charge in [-0.15, -0.1) is 6.42 Å². The van der Waals surface area contributed by atoms with Crippen molar-refractivity contribution >= 4 is 33.7 Å². The fourth-order valence-electron chi connectivity index (χ4n) is 7.81. The fourth-order valence-corrected chi connectivity index (χ4v) is 7.81. The number of phenols is 1. The van der Waals surface area contributed by atoms with E-state index in [1.165, 1.54) is 6.07 Å². The van der Waals surface area contributed by atoms with Crippen LogP contribution in [0.3, 0.4) is 0 Å². The minimum Gasteiger partial charge on any atom is -0.581 e. The van der Waals surface area contributed by atoms with Crippen LogP contribution in [0, 0.1) is 18.2 Å². The van der Waals surface area contributed by atoms with Crippen LogP contribution in [0.2, 0.25) is 0 Å². The Kier molecular flexibility index (Phi) is 10.3. The Bertz CT molecular complexity index is 2260. The standard InChI is InChI=1S/C41H42FN6O5.Pd/c1-6-23-7-9-24(10-8-23)11-14-28-32(42)19-33-31(20-43-46-33)34(28)35-29(25-12-13-25)18-30-36(37(35)49)44-39(52-16-15-51-5)45-38(30)47-21-27-17-26(47)22-48(27)40(50)53-41(2,3)4;/h1,7-10,18-20,25-27H,11-17,21-22H2,2-5H3,(H-,43,44,45,46,49);/q-1;. The van der Waals surface area contributed by atoms with Gasteiger partial charge in [-0.1, -0.05) is 18.1 Å². The summed E-state index contributed by atoms with van der Waals surface area (Å²) in [7, 11) is 1.59. The van der Waals surface area contributed by atoms with E-state index >= 15 is 4.39 Å². The summed E-state index contributed by atoms with van der Waals surface area (Å²) in [4.78, 5) is 26.8. The second-order valence-electron chi connectivity index (χ2n) is 15.2. The molecule has 8 rings (SSSR count). The molecule has 1 amide bonds. The number of phenolic OH excluding ortho intramolecular Hbond substituents is 1. The molecule has 2 saturated heterocycles. The van der Waals surface area contributed by atoms with E-state index in [0.29, 0.717) is 76.9 Å². The van der Waals surface area contributed by atoms with Gasteiger partial charge in [-0.25, -0.2) is 9.18 Å². The van der Waals surface area contributed by atoms with Gasteiger partial charge in [0.05, 0.1) is 24.2 Å². The summed E-state index contributed by atoms with van der Waals surface area (Å²) in [5.41, 5.74) is 4.38. The molecular weight excluding hydrogens is 782 g/mol. The molecular formula is C41H42FN6O5Pd-. The number of amides is 1. The number of nitrogens with zero attached hydrogens (tertiary/aromatic N) is 6. The molecule has 2 bridgehead atoms. The number of likely N-dealkylation sites (tertiary alicyclic amines) is 1. The number of terminal acetylenes is 1. The van der Waals surface area contributed by atoms with Gasteiger partial charge >= 0.3 is 12.1 Å². The number of carbonyl (C=O) groups excluding carboxylic acids is 1. The zero-order valence-corrected chi connectivity index (χ0v) is 32.2. The van der Waals surface area contributed by atoms with Crippen molar-refractivity contribution in [2.45, 2.75) is 76.5 Å². The number of benzene rings is 3. The van der Waals surface area contributed by atoms with Crippen LogP contribution >= 0.6 is 0 Å². The molecule has 3 aliphatic rings. The quantitative estimate of drug-likeness (QED) is 0.0948. The van der Waals surface area contributed by atoms with Gasteiger partial charge in [-0.2, -0.15) is 16.2 Å². The van der Waals surface area contributed by atoms with Crippen LogP contribution in [0.4, 0.5) is 15.0 Å². The number of fused-ring (bicyclic) bond motifs is 4. The molecule has 2 aliphatic heterocycles. The summed E-state index contributed by atoms with van der Waals surface area (Å²) < 4.78 is 33.2. The number of rotatable bonds is 10. The first kappa shape index (κ1) is 37.6. The first-order chi connectivity index (χ1) is 25.5. The van der Waals surface area contributed by atoms with E-state index in [1.54, 1.807) is 18.2 Å². The SMILES string of the molecule is C#Cc1ccc(CCc2c(F)cc3n[n-]cc3c2-c2c(C3CC3)cc3c(N4CC5CC4CN5C(=O)OC(C)(C)C)nc(OCCOC)nc3c2O)cc1.[Pd]. The van der Waals surface area contributed by atoms with E-state index in [9.17, 15) is 9.90 Å². The third-order valence-corrected chi connectivity index (χ3v) is 10.4. The Hall–Kier alpha value is -4.75. The molecule has 11 nitrogen and oxygen atoms in total. The van der Waals surface area contributed by atoms with Gasteiger partial charge in [0.25, 0.3) is 0 Å². The number of anilines is 1. The number of aromatic hydroxyl groups is 1. The number of halogens is 1. The van der Waals surface area contributed by atoms with E-state index in [-0.39, 0.29) is 62.9 Å². The fraction of sp³-hybridized carbons (Fsp3) is 0.415. The normalized spacial score (nSPS) is 17.9. The van der Waals surface area contributed by atoms with Crippen molar-refractivity contribution in [1.82, 2.24) is 25.1 Å². The summed E-state index contributed by atoms with van der Waals surface area (Å²) in [6.07, 6.45) is 10.4. The van der Waals surface area contributed by atoms with Crippen molar-refractivity contribution in [3.05, 3.63) is 70.7 Å². The maximum atomic E-state index is 16.3. The molecule has 3 aromatic carbocycles. The average Bonchev–Trinajstić information content (AvgIpc) is 3.51. The number of piperazine rings is 1. The molecule has 284 valence electrons. The predicted octanol–water partition coefficient (Wildman–Crippen LogP) is 6.51. The molecule has 2 unspecified atom stereocenters. The van der Waals surface area contributed by atoms with Gasteiger partial charge in [-0.05, 0) is 111 Å². The Balaban J connectivity index is 0.00000450. The van der Waals surface area contributed by atoms with Crippen LogP contribution in [0.5, 0.6) is 11.8 Å². The summed E-state index contributed by atoms with van der Waals surface area (Å²) in [6.45, 7) is 7.14.